The number of aryl methyl sites for hydroxylation is 1. The van der Waals surface area contributed by atoms with E-state index in [4.69, 9.17) is 0 Å². The van der Waals surface area contributed by atoms with Gasteiger partial charge in [0.15, 0.2) is 0 Å². The van der Waals surface area contributed by atoms with Crippen molar-refractivity contribution < 1.29 is 9.59 Å². The van der Waals surface area contributed by atoms with Crippen LogP contribution in [0.25, 0.3) is 0 Å². The molecule has 0 unspecified atom stereocenters. The maximum Gasteiger partial charge on any atom is 0.251 e. The van der Waals surface area contributed by atoms with E-state index in [2.05, 4.69) is 5.32 Å². The quantitative estimate of drug-likeness (QED) is 0.943. The fourth-order valence-electron chi connectivity index (χ4n) is 2.80. The van der Waals surface area contributed by atoms with Crippen LogP contribution in [0.2, 0.25) is 0 Å². The number of nitrogens with one attached hydrogen (secondary N) is 1. The van der Waals surface area contributed by atoms with Crippen molar-refractivity contribution in [2.45, 2.75) is 26.3 Å². The predicted molar refractivity (Wildman–Crippen MR) is 90.4 cm³/mol. The van der Waals surface area contributed by atoms with Gasteiger partial charge in [-0.1, -0.05) is 24.3 Å². The van der Waals surface area contributed by atoms with Gasteiger partial charge in [0.25, 0.3) is 5.91 Å². The second-order valence-electron chi connectivity index (χ2n) is 5.80. The number of carbonyl (C=O) groups is 2. The molecule has 4 nitrogen and oxygen atoms in total. The van der Waals surface area contributed by atoms with E-state index in [1.807, 2.05) is 43.3 Å². The summed E-state index contributed by atoms with van der Waals surface area (Å²) in [6, 6.07) is 15.2. The molecule has 1 aliphatic heterocycles. The number of rotatable bonds is 4. The second kappa shape index (κ2) is 6.65. The molecule has 1 aliphatic rings. The third kappa shape index (κ3) is 3.42. The van der Waals surface area contributed by atoms with Crippen molar-refractivity contribution in [2.24, 2.45) is 0 Å². The number of anilines is 1. The molecule has 23 heavy (non-hydrogen) atoms. The first-order valence-corrected chi connectivity index (χ1v) is 7.88. The van der Waals surface area contributed by atoms with E-state index >= 15 is 0 Å². The van der Waals surface area contributed by atoms with Crippen LogP contribution in [0, 0.1) is 6.92 Å². The zero-order valence-electron chi connectivity index (χ0n) is 13.2. The second-order valence-corrected chi connectivity index (χ2v) is 5.80. The summed E-state index contributed by atoms with van der Waals surface area (Å²) in [5.74, 6) is 0.0503. The van der Waals surface area contributed by atoms with E-state index in [0.29, 0.717) is 18.5 Å². The normalized spacial score (nSPS) is 14.1. The Balaban J connectivity index is 1.64. The number of carbonyl (C=O) groups excluding carboxylic acids is 2. The van der Waals surface area contributed by atoms with E-state index in [9.17, 15) is 9.59 Å². The Kier molecular flexibility index (Phi) is 4.42. The van der Waals surface area contributed by atoms with Crippen molar-refractivity contribution in [1.82, 2.24) is 5.32 Å². The summed E-state index contributed by atoms with van der Waals surface area (Å²) in [5, 5.41) is 2.93. The van der Waals surface area contributed by atoms with Crippen LogP contribution in [0.1, 0.15) is 34.3 Å². The van der Waals surface area contributed by atoms with Crippen LogP contribution >= 0.6 is 0 Å². The molecule has 2 amide bonds. The van der Waals surface area contributed by atoms with E-state index in [1.165, 1.54) is 0 Å². The molecule has 0 saturated carbocycles. The maximum absolute atomic E-state index is 12.2. The molecule has 0 spiro atoms. The van der Waals surface area contributed by atoms with Crippen molar-refractivity contribution >= 4 is 17.5 Å². The lowest BCUT2D eigenvalue weighted by atomic mass is 10.1. The molecule has 2 aromatic rings. The molecular weight excluding hydrogens is 288 g/mol. The van der Waals surface area contributed by atoms with Gasteiger partial charge in [0.1, 0.15) is 0 Å². The Morgan fingerprint density at radius 3 is 2.52 bits per heavy atom. The summed E-state index contributed by atoms with van der Waals surface area (Å²) in [7, 11) is 0. The van der Waals surface area contributed by atoms with Crippen LogP contribution in [0.15, 0.2) is 48.5 Å². The molecule has 0 atom stereocenters. The lowest BCUT2D eigenvalue weighted by Crippen LogP contribution is -2.25. The fourth-order valence-corrected chi connectivity index (χ4v) is 2.80. The molecule has 4 heteroatoms. The zero-order valence-corrected chi connectivity index (χ0v) is 13.2. The SMILES string of the molecule is Cc1ccccc1CNC(=O)c1ccc(N2CCCC2=O)cc1. The summed E-state index contributed by atoms with van der Waals surface area (Å²) >= 11 is 0. The van der Waals surface area contributed by atoms with Crippen LogP contribution in [0.4, 0.5) is 5.69 Å². The maximum atomic E-state index is 12.2. The summed E-state index contributed by atoms with van der Waals surface area (Å²) in [6.45, 7) is 3.30. The Labute approximate surface area is 136 Å². The molecule has 3 rings (SSSR count). The summed E-state index contributed by atoms with van der Waals surface area (Å²) < 4.78 is 0. The molecule has 0 aliphatic carbocycles. The van der Waals surface area contributed by atoms with Gasteiger partial charge >= 0.3 is 0 Å². The van der Waals surface area contributed by atoms with Gasteiger partial charge in [-0.2, -0.15) is 0 Å². The van der Waals surface area contributed by atoms with Crippen molar-refractivity contribution in [3.05, 3.63) is 65.2 Å². The Morgan fingerprint density at radius 2 is 1.87 bits per heavy atom. The molecule has 1 fully saturated rings. The highest BCUT2D eigenvalue weighted by molar-refractivity contribution is 5.97. The average Bonchev–Trinajstić information content (AvgIpc) is 3.00. The molecular formula is C19H20N2O2. The van der Waals surface area contributed by atoms with E-state index in [-0.39, 0.29) is 11.8 Å². The van der Waals surface area contributed by atoms with E-state index in [0.717, 1.165) is 29.8 Å². The van der Waals surface area contributed by atoms with Crippen LogP contribution in [-0.2, 0) is 11.3 Å². The van der Waals surface area contributed by atoms with Gasteiger partial charge in [0.2, 0.25) is 5.91 Å². The van der Waals surface area contributed by atoms with Crippen LogP contribution in [0.5, 0.6) is 0 Å². The van der Waals surface area contributed by atoms with Gasteiger partial charge in [-0.25, -0.2) is 0 Å². The van der Waals surface area contributed by atoms with Gasteiger partial charge in [-0.15, -0.1) is 0 Å². The first-order valence-electron chi connectivity index (χ1n) is 7.88. The lowest BCUT2D eigenvalue weighted by Gasteiger charge is -2.16. The first kappa shape index (κ1) is 15.3. The highest BCUT2D eigenvalue weighted by Gasteiger charge is 2.21. The van der Waals surface area contributed by atoms with E-state index < -0.39 is 0 Å². The van der Waals surface area contributed by atoms with Crippen molar-refractivity contribution in [3.8, 4) is 0 Å². The molecule has 0 bridgehead atoms. The summed E-state index contributed by atoms with van der Waals surface area (Å²) in [6.07, 6.45) is 1.51. The highest BCUT2D eigenvalue weighted by atomic mass is 16.2. The third-order valence-electron chi connectivity index (χ3n) is 4.22. The molecule has 1 saturated heterocycles. The van der Waals surface area contributed by atoms with Gasteiger partial charge in [-0.05, 0) is 48.7 Å². The molecule has 2 aromatic carbocycles. The average molecular weight is 308 g/mol. The Hall–Kier alpha value is -2.62. The monoisotopic (exact) mass is 308 g/mol. The molecule has 118 valence electrons. The zero-order chi connectivity index (χ0) is 16.2. The standard InChI is InChI=1S/C19H20N2O2/c1-14-5-2-3-6-16(14)13-20-19(23)15-8-10-17(11-9-15)21-12-4-7-18(21)22/h2-3,5-6,8-11H,4,7,12-13H2,1H3,(H,20,23). The number of benzene rings is 2. The van der Waals surface area contributed by atoms with Gasteiger partial charge in [0, 0.05) is 30.8 Å². The largest absolute Gasteiger partial charge is 0.348 e. The van der Waals surface area contributed by atoms with E-state index in [1.54, 1.807) is 17.0 Å². The molecule has 0 radical (unpaired) electrons. The highest BCUT2D eigenvalue weighted by Crippen LogP contribution is 2.21. The molecule has 1 N–H and O–H groups in total. The van der Waals surface area contributed by atoms with Crippen molar-refractivity contribution in [1.29, 1.82) is 0 Å². The first-order chi connectivity index (χ1) is 11.1. The van der Waals surface area contributed by atoms with Crippen molar-refractivity contribution in [2.75, 3.05) is 11.4 Å². The lowest BCUT2D eigenvalue weighted by molar-refractivity contribution is -0.117. The van der Waals surface area contributed by atoms with Gasteiger partial charge in [0.05, 0.1) is 0 Å². The predicted octanol–water partition coefficient (Wildman–Crippen LogP) is 3.05. The Morgan fingerprint density at radius 1 is 1.13 bits per heavy atom. The van der Waals surface area contributed by atoms with Gasteiger partial charge in [-0.3, -0.25) is 9.59 Å². The Bertz CT molecular complexity index is 722. The van der Waals surface area contributed by atoms with Crippen LogP contribution in [0.3, 0.4) is 0 Å². The number of hydrogen-bond donors (Lipinski definition) is 1. The fraction of sp³-hybridized carbons (Fsp3) is 0.263. The summed E-state index contributed by atoms with van der Waals surface area (Å²) in [4.78, 5) is 25.7. The van der Waals surface area contributed by atoms with Crippen molar-refractivity contribution in [3.63, 3.8) is 0 Å². The number of nitrogens with zero attached hydrogens (tertiary/aromatic N) is 1. The topological polar surface area (TPSA) is 49.4 Å². The van der Waals surface area contributed by atoms with Crippen LogP contribution < -0.4 is 10.2 Å². The minimum absolute atomic E-state index is 0.104. The number of hydrogen-bond acceptors (Lipinski definition) is 2. The minimum Gasteiger partial charge on any atom is -0.348 e. The van der Waals surface area contributed by atoms with Crippen LogP contribution in [-0.4, -0.2) is 18.4 Å². The molecule has 1 heterocycles. The molecule has 0 aromatic heterocycles. The number of amides is 2. The smallest absolute Gasteiger partial charge is 0.251 e. The van der Waals surface area contributed by atoms with Gasteiger partial charge < -0.3 is 10.2 Å². The minimum atomic E-state index is -0.104. The summed E-state index contributed by atoms with van der Waals surface area (Å²) in [5.41, 5.74) is 3.74. The third-order valence-corrected chi connectivity index (χ3v) is 4.22.